The van der Waals surface area contributed by atoms with Gasteiger partial charge in [-0.15, -0.1) is 0 Å². The topological polar surface area (TPSA) is 69.4 Å². The molecule has 37 heavy (non-hydrogen) atoms. The van der Waals surface area contributed by atoms with Crippen LogP contribution in [0.4, 0.5) is 0 Å². The van der Waals surface area contributed by atoms with Crippen LogP contribution in [-0.4, -0.2) is 18.0 Å². The number of hydrogen-bond acceptors (Lipinski definition) is 3. The molecular formula is C33H65NO3. The summed E-state index contributed by atoms with van der Waals surface area (Å²) in [5.41, 5.74) is 5.17. The van der Waals surface area contributed by atoms with E-state index in [1.165, 1.54) is 128 Å². The van der Waals surface area contributed by atoms with Gasteiger partial charge in [0.15, 0.2) is 0 Å². The molecule has 1 unspecified atom stereocenters. The summed E-state index contributed by atoms with van der Waals surface area (Å²) in [5, 5.41) is 0. The van der Waals surface area contributed by atoms with Crippen molar-refractivity contribution in [3.8, 4) is 0 Å². The van der Waals surface area contributed by atoms with Gasteiger partial charge >= 0.3 is 5.97 Å². The maximum atomic E-state index is 12.5. The summed E-state index contributed by atoms with van der Waals surface area (Å²) in [6.45, 7) is 4.52. The Kier molecular flexibility index (Phi) is 28.7. The van der Waals surface area contributed by atoms with Crippen molar-refractivity contribution in [2.24, 2.45) is 5.73 Å². The number of nitrogens with two attached hydrogens (primary N) is 1. The number of carbonyl (C=O) groups is 2. The van der Waals surface area contributed by atoms with E-state index in [1.54, 1.807) is 0 Å². The van der Waals surface area contributed by atoms with E-state index in [4.69, 9.17) is 10.5 Å². The zero-order valence-electron chi connectivity index (χ0n) is 25.2. The number of amides is 1. The first kappa shape index (κ1) is 35.9. The molecule has 0 saturated carbocycles. The van der Waals surface area contributed by atoms with Crippen LogP contribution in [0.1, 0.15) is 194 Å². The van der Waals surface area contributed by atoms with Crippen molar-refractivity contribution in [1.29, 1.82) is 0 Å². The van der Waals surface area contributed by atoms with Crippen molar-refractivity contribution in [3.63, 3.8) is 0 Å². The molecule has 0 rings (SSSR count). The van der Waals surface area contributed by atoms with E-state index in [0.717, 1.165) is 38.5 Å². The van der Waals surface area contributed by atoms with Crippen molar-refractivity contribution in [1.82, 2.24) is 0 Å². The van der Waals surface area contributed by atoms with Crippen molar-refractivity contribution < 1.29 is 14.3 Å². The number of primary amides is 1. The number of esters is 1. The molecule has 4 heteroatoms. The lowest BCUT2D eigenvalue weighted by Gasteiger charge is -2.18. The molecule has 1 amide bonds. The molecule has 2 N–H and O–H groups in total. The van der Waals surface area contributed by atoms with E-state index in [-0.39, 0.29) is 18.0 Å². The molecule has 0 aromatic rings. The highest BCUT2D eigenvalue weighted by molar-refractivity contribution is 5.73. The SMILES string of the molecule is CCCCCCCCCC(CCCCCCC)OC(=O)CCCCCCCCCCCCCCC(N)=O. The molecule has 220 valence electrons. The van der Waals surface area contributed by atoms with Gasteiger partial charge in [-0.05, 0) is 38.5 Å². The second-order valence-electron chi connectivity index (χ2n) is 11.4. The van der Waals surface area contributed by atoms with Gasteiger partial charge in [0.1, 0.15) is 6.10 Å². The van der Waals surface area contributed by atoms with Gasteiger partial charge < -0.3 is 10.5 Å². The Hall–Kier alpha value is -1.06. The monoisotopic (exact) mass is 523 g/mol. The van der Waals surface area contributed by atoms with Crippen LogP contribution in [-0.2, 0) is 14.3 Å². The average molecular weight is 524 g/mol. The minimum Gasteiger partial charge on any atom is -0.462 e. The molecule has 0 aliphatic heterocycles. The molecule has 0 saturated heterocycles. The summed E-state index contributed by atoms with van der Waals surface area (Å²) in [4.78, 5) is 23.2. The lowest BCUT2D eigenvalue weighted by Crippen LogP contribution is -2.18. The predicted molar refractivity (Wildman–Crippen MR) is 160 cm³/mol. The van der Waals surface area contributed by atoms with E-state index in [2.05, 4.69) is 13.8 Å². The Morgan fingerprint density at radius 2 is 0.811 bits per heavy atom. The van der Waals surface area contributed by atoms with Crippen LogP contribution in [0, 0.1) is 0 Å². The minimum atomic E-state index is -0.173. The largest absolute Gasteiger partial charge is 0.462 e. The number of rotatable bonds is 30. The highest BCUT2D eigenvalue weighted by atomic mass is 16.5. The molecule has 4 nitrogen and oxygen atoms in total. The summed E-state index contributed by atoms with van der Waals surface area (Å²) < 4.78 is 5.96. The molecule has 0 heterocycles. The van der Waals surface area contributed by atoms with E-state index < -0.39 is 0 Å². The normalized spacial score (nSPS) is 12.1. The lowest BCUT2D eigenvalue weighted by molar-refractivity contribution is -0.150. The van der Waals surface area contributed by atoms with Crippen molar-refractivity contribution in [2.75, 3.05) is 0 Å². The zero-order chi connectivity index (χ0) is 27.2. The van der Waals surface area contributed by atoms with Gasteiger partial charge in [0.05, 0.1) is 0 Å². The number of carbonyl (C=O) groups excluding carboxylic acids is 2. The van der Waals surface area contributed by atoms with Gasteiger partial charge in [0.25, 0.3) is 0 Å². The van der Waals surface area contributed by atoms with Crippen molar-refractivity contribution in [2.45, 2.75) is 200 Å². The summed E-state index contributed by atoms with van der Waals surface area (Å²) in [6.07, 6.45) is 33.5. The molecule has 0 spiro atoms. The van der Waals surface area contributed by atoms with Gasteiger partial charge in [-0.3, -0.25) is 9.59 Å². The molecule has 0 aliphatic rings. The quantitative estimate of drug-likeness (QED) is 0.0751. The Bertz CT molecular complexity index is 494. The van der Waals surface area contributed by atoms with Crippen LogP contribution in [0.2, 0.25) is 0 Å². The Morgan fingerprint density at radius 3 is 1.19 bits per heavy atom. The van der Waals surface area contributed by atoms with E-state index in [1.807, 2.05) is 0 Å². The molecular weight excluding hydrogens is 458 g/mol. The maximum Gasteiger partial charge on any atom is 0.306 e. The van der Waals surface area contributed by atoms with E-state index >= 15 is 0 Å². The summed E-state index contributed by atoms with van der Waals surface area (Å²) in [6, 6.07) is 0. The minimum absolute atomic E-state index is 0.0392. The zero-order valence-corrected chi connectivity index (χ0v) is 25.2. The molecule has 0 aromatic heterocycles. The first-order valence-corrected chi connectivity index (χ1v) is 16.6. The summed E-state index contributed by atoms with van der Waals surface area (Å²) in [7, 11) is 0. The van der Waals surface area contributed by atoms with Gasteiger partial charge in [-0.25, -0.2) is 0 Å². The molecule has 0 bridgehead atoms. The molecule has 0 fully saturated rings. The highest BCUT2D eigenvalue weighted by Crippen LogP contribution is 2.18. The van der Waals surface area contributed by atoms with Gasteiger partial charge in [-0.2, -0.15) is 0 Å². The highest BCUT2D eigenvalue weighted by Gasteiger charge is 2.14. The van der Waals surface area contributed by atoms with Gasteiger partial charge in [0, 0.05) is 12.8 Å². The predicted octanol–water partition coefficient (Wildman–Crippen LogP) is 10.3. The fraction of sp³-hybridized carbons (Fsp3) is 0.939. The molecule has 1 atom stereocenters. The standard InChI is InChI=1S/C33H65NO3/c1-3-5-7-9-16-20-24-28-31(27-23-19-8-6-4-2)37-33(36)30-26-22-18-15-13-11-10-12-14-17-21-25-29-32(34)35/h31H,3-30H2,1-2H3,(H2,34,35). The lowest BCUT2D eigenvalue weighted by atomic mass is 10.0. The third-order valence-electron chi connectivity index (χ3n) is 7.61. The fourth-order valence-corrected chi connectivity index (χ4v) is 5.15. The van der Waals surface area contributed by atoms with Crippen LogP contribution in [0.15, 0.2) is 0 Å². The maximum absolute atomic E-state index is 12.5. The third-order valence-corrected chi connectivity index (χ3v) is 7.61. The van der Waals surface area contributed by atoms with Crippen molar-refractivity contribution in [3.05, 3.63) is 0 Å². The third kappa shape index (κ3) is 29.4. The fourth-order valence-electron chi connectivity index (χ4n) is 5.15. The van der Waals surface area contributed by atoms with Crippen LogP contribution < -0.4 is 5.73 Å². The summed E-state index contributed by atoms with van der Waals surface area (Å²) in [5.74, 6) is -0.134. The van der Waals surface area contributed by atoms with E-state index in [0.29, 0.717) is 12.8 Å². The first-order valence-electron chi connectivity index (χ1n) is 16.6. The molecule has 0 radical (unpaired) electrons. The molecule has 0 aliphatic carbocycles. The Balaban J connectivity index is 3.78. The number of ether oxygens (including phenoxy) is 1. The van der Waals surface area contributed by atoms with Crippen LogP contribution >= 0.6 is 0 Å². The van der Waals surface area contributed by atoms with Crippen LogP contribution in [0.25, 0.3) is 0 Å². The van der Waals surface area contributed by atoms with Crippen LogP contribution in [0.3, 0.4) is 0 Å². The van der Waals surface area contributed by atoms with Crippen LogP contribution in [0.5, 0.6) is 0 Å². The average Bonchev–Trinajstić information content (AvgIpc) is 2.87. The van der Waals surface area contributed by atoms with Gasteiger partial charge in [-0.1, -0.05) is 142 Å². The second kappa shape index (κ2) is 29.5. The second-order valence-corrected chi connectivity index (χ2v) is 11.4. The van der Waals surface area contributed by atoms with E-state index in [9.17, 15) is 9.59 Å². The van der Waals surface area contributed by atoms with Gasteiger partial charge in [0.2, 0.25) is 5.91 Å². The Labute approximate surface area is 231 Å². The number of unbranched alkanes of at least 4 members (excludes halogenated alkanes) is 21. The first-order chi connectivity index (χ1) is 18.1. The molecule has 0 aromatic carbocycles. The van der Waals surface area contributed by atoms with Crippen molar-refractivity contribution >= 4 is 11.9 Å². The summed E-state index contributed by atoms with van der Waals surface area (Å²) >= 11 is 0. The smallest absolute Gasteiger partial charge is 0.306 e. The number of hydrogen-bond donors (Lipinski definition) is 1. The Morgan fingerprint density at radius 1 is 0.486 bits per heavy atom.